The summed E-state index contributed by atoms with van der Waals surface area (Å²) >= 11 is 0. The summed E-state index contributed by atoms with van der Waals surface area (Å²) in [5, 5.41) is 3.03. The van der Waals surface area contributed by atoms with E-state index in [2.05, 4.69) is 31.9 Å². The number of halogens is 1. The van der Waals surface area contributed by atoms with Gasteiger partial charge in [0.15, 0.2) is 5.82 Å². The molecule has 1 aliphatic rings. The summed E-state index contributed by atoms with van der Waals surface area (Å²) in [4.78, 5) is 20.9. The second-order valence-electron chi connectivity index (χ2n) is 5.34. The van der Waals surface area contributed by atoms with Crippen LogP contribution in [-0.4, -0.2) is 23.1 Å². The highest BCUT2D eigenvalue weighted by atomic mass is 19.1. The van der Waals surface area contributed by atoms with Gasteiger partial charge in [0.2, 0.25) is 5.95 Å². The van der Waals surface area contributed by atoms with Gasteiger partial charge in [-0.05, 0) is 54.3 Å². The molecule has 3 rings (SSSR count). The fraction of sp³-hybridized carbons (Fsp3) is 0.222. The first-order chi connectivity index (χ1) is 11.8. The molecule has 3 heterocycles. The first-order valence-corrected chi connectivity index (χ1v) is 7.61. The number of pyridine rings is 2. The summed E-state index contributed by atoms with van der Waals surface area (Å²) < 4.78 is 13.0. The number of piperidine rings is 1. The lowest BCUT2D eigenvalue weighted by atomic mass is 10.0. The third-order valence-corrected chi connectivity index (χ3v) is 3.76. The molecular formula is C18H15FN4O. The lowest BCUT2D eigenvalue weighted by Gasteiger charge is -2.29. The van der Waals surface area contributed by atoms with Gasteiger partial charge in [-0.25, -0.2) is 9.97 Å². The predicted molar refractivity (Wildman–Crippen MR) is 90.3 cm³/mol. The molecule has 5 nitrogen and oxygen atoms in total. The third kappa shape index (κ3) is 3.82. The molecule has 0 amide bonds. The van der Waals surface area contributed by atoms with E-state index in [4.69, 9.17) is 0 Å². The Labute approximate surface area is 139 Å². The Morgan fingerprint density at radius 3 is 2.79 bits per heavy atom. The summed E-state index contributed by atoms with van der Waals surface area (Å²) in [6.45, 7) is 1.51. The molecule has 0 aromatic carbocycles. The van der Waals surface area contributed by atoms with Crippen LogP contribution in [0.5, 0.6) is 0 Å². The zero-order valence-corrected chi connectivity index (χ0v) is 12.9. The molecule has 0 aliphatic carbocycles. The van der Waals surface area contributed by atoms with Crippen molar-refractivity contribution >= 4 is 11.5 Å². The molecule has 1 aliphatic heterocycles. The van der Waals surface area contributed by atoms with Crippen molar-refractivity contribution in [1.29, 1.82) is 0 Å². The van der Waals surface area contributed by atoms with E-state index < -0.39 is 5.95 Å². The van der Waals surface area contributed by atoms with E-state index in [1.54, 1.807) is 30.5 Å². The van der Waals surface area contributed by atoms with Gasteiger partial charge in [-0.15, -0.1) is 4.91 Å². The fourth-order valence-corrected chi connectivity index (χ4v) is 2.54. The second kappa shape index (κ2) is 7.47. The van der Waals surface area contributed by atoms with E-state index >= 15 is 0 Å². The Morgan fingerprint density at radius 1 is 1.21 bits per heavy atom. The van der Waals surface area contributed by atoms with Crippen LogP contribution >= 0.6 is 0 Å². The molecule has 120 valence electrons. The van der Waals surface area contributed by atoms with Crippen molar-refractivity contribution in [1.82, 2.24) is 9.97 Å². The van der Waals surface area contributed by atoms with Gasteiger partial charge in [-0.3, -0.25) is 0 Å². The Morgan fingerprint density at radius 2 is 2.04 bits per heavy atom. The third-order valence-electron chi connectivity index (χ3n) is 3.76. The van der Waals surface area contributed by atoms with Crippen molar-refractivity contribution < 1.29 is 4.39 Å². The summed E-state index contributed by atoms with van der Waals surface area (Å²) in [5.74, 6) is 5.86. The maximum absolute atomic E-state index is 13.0. The van der Waals surface area contributed by atoms with Gasteiger partial charge in [0, 0.05) is 19.3 Å². The van der Waals surface area contributed by atoms with Crippen LogP contribution in [0.4, 0.5) is 15.9 Å². The van der Waals surface area contributed by atoms with Crippen molar-refractivity contribution in [2.75, 3.05) is 18.0 Å². The topological polar surface area (TPSA) is 58.5 Å². The van der Waals surface area contributed by atoms with Crippen LogP contribution in [0.2, 0.25) is 0 Å². The Balaban J connectivity index is 1.64. The zero-order chi connectivity index (χ0) is 16.8. The Kier molecular flexibility index (Phi) is 4.92. The van der Waals surface area contributed by atoms with Gasteiger partial charge < -0.3 is 4.90 Å². The van der Waals surface area contributed by atoms with Crippen LogP contribution in [0.1, 0.15) is 18.5 Å². The van der Waals surface area contributed by atoms with Crippen LogP contribution in [0.25, 0.3) is 0 Å². The Bertz CT molecular complexity index is 828. The quantitative estimate of drug-likeness (QED) is 0.481. The molecule has 0 spiro atoms. The van der Waals surface area contributed by atoms with Crippen molar-refractivity contribution in [2.45, 2.75) is 12.8 Å². The summed E-state index contributed by atoms with van der Waals surface area (Å²) in [6, 6.07) is 7.92. The minimum atomic E-state index is -0.530. The van der Waals surface area contributed by atoms with Crippen LogP contribution in [0, 0.1) is 22.7 Å². The molecule has 0 N–H and O–H groups in total. The minimum Gasteiger partial charge on any atom is -0.354 e. The minimum absolute atomic E-state index is 0.363. The van der Waals surface area contributed by atoms with Crippen molar-refractivity contribution in [2.24, 2.45) is 5.18 Å². The molecule has 24 heavy (non-hydrogen) atoms. The zero-order valence-electron chi connectivity index (χ0n) is 12.9. The highest BCUT2D eigenvalue weighted by molar-refractivity contribution is 5.61. The van der Waals surface area contributed by atoms with E-state index in [1.165, 1.54) is 11.6 Å². The molecule has 1 saturated heterocycles. The number of rotatable bonds is 2. The highest BCUT2D eigenvalue weighted by Crippen LogP contribution is 2.28. The molecule has 0 unspecified atom stereocenters. The fourth-order valence-electron chi connectivity index (χ4n) is 2.54. The molecule has 0 saturated carbocycles. The first kappa shape index (κ1) is 15.8. The van der Waals surface area contributed by atoms with E-state index in [9.17, 15) is 9.30 Å². The highest BCUT2D eigenvalue weighted by Gasteiger charge is 2.18. The monoisotopic (exact) mass is 322 g/mol. The summed E-state index contributed by atoms with van der Waals surface area (Å²) in [5.41, 5.74) is 1.99. The number of nitroso groups, excluding NO2 is 1. The number of hydrogen-bond donors (Lipinski definition) is 0. The average Bonchev–Trinajstić information content (AvgIpc) is 2.62. The van der Waals surface area contributed by atoms with Gasteiger partial charge in [-0.2, -0.15) is 4.39 Å². The molecule has 0 bridgehead atoms. The first-order valence-electron chi connectivity index (χ1n) is 7.61. The van der Waals surface area contributed by atoms with Gasteiger partial charge in [-0.1, -0.05) is 17.6 Å². The van der Waals surface area contributed by atoms with Crippen molar-refractivity contribution in [3.05, 3.63) is 64.7 Å². The number of hydrogen-bond acceptors (Lipinski definition) is 5. The molecule has 0 radical (unpaired) electrons. The molecule has 2 aromatic rings. The summed E-state index contributed by atoms with van der Waals surface area (Å²) in [7, 11) is 0. The largest absolute Gasteiger partial charge is 0.354 e. The van der Waals surface area contributed by atoms with Crippen LogP contribution < -0.4 is 4.90 Å². The average molecular weight is 322 g/mol. The van der Waals surface area contributed by atoms with Crippen LogP contribution in [0.3, 0.4) is 0 Å². The maximum atomic E-state index is 13.0. The van der Waals surface area contributed by atoms with Crippen molar-refractivity contribution in [3.63, 3.8) is 0 Å². The van der Waals surface area contributed by atoms with E-state index in [0.29, 0.717) is 17.2 Å². The maximum Gasteiger partial charge on any atom is 0.214 e. The summed E-state index contributed by atoms with van der Waals surface area (Å²) in [6.07, 6.45) is 5.19. The normalized spacial score (nSPS) is 13.9. The molecule has 0 atom stereocenters. The van der Waals surface area contributed by atoms with E-state index in [-0.39, 0.29) is 0 Å². The van der Waals surface area contributed by atoms with Crippen LogP contribution in [-0.2, 0) is 0 Å². The number of nitrogens with zero attached hydrogens (tertiary/aromatic N) is 4. The lowest BCUT2D eigenvalue weighted by molar-refractivity contribution is 0.582. The van der Waals surface area contributed by atoms with Gasteiger partial charge in [0.05, 0.1) is 0 Å². The SMILES string of the molecule is O=Nc1cccnc1N1CCC(=CC#Cc2cccc(F)n2)CC1. The van der Waals surface area contributed by atoms with Gasteiger partial charge >= 0.3 is 0 Å². The van der Waals surface area contributed by atoms with Crippen molar-refractivity contribution in [3.8, 4) is 11.8 Å². The number of allylic oxidation sites excluding steroid dienone is 1. The van der Waals surface area contributed by atoms with E-state index in [1.807, 2.05) is 6.08 Å². The molecule has 2 aromatic heterocycles. The lowest BCUT2D eigenvalue weighted by Crippen LogP contribution is -2.31. The van der Waals surface area contributed by atoms with Gasteiger partial charge in [0.25, 0.3) is 0 Å². The predicted octanol–water partition coefficient (Wildman–Crippen LogP) is 3.59. The van der Waals surface area contributed by atoms with Gasteiger partial charge in [0.1, 0.15) is 11.4 Å². The van der Waals surface area contributed by atoms with E-state index in [0.717, 1.165) is 25.9 Å². The molecule has 1 fully saturated rings. The van der Waals surface area contributed by atoms with Crippen LogP contribution in [0.15, 0.2) is 53.4 Å². The second-order valence-corrected chi connectivity index (χ2v) is 5.34. The number of aromatic nitrogens is 2. The molecular weight excluding hydrogens is 307 g/mol. The smallest absolute Gasteiger partial charge is 0.214 e. The standard InChI is InChI=1S/C18H15FN4O/c19-17-8-2-6-15(21-17)5-1-4-14-9-12-23(13-10-14)18-16(22-24)7-3-11-20-18/h2-4,6-8,11H,9-10,12-13H2. The Hall–Kier alpha value is -3.07. The molecule has 6 heteroatoms. The number of anilines is 1.